The van der Waals surface area contributed by atoms with Crippen LogP contribution in [-0.4, -0.2) is 25.0 Å². The molecule has 0 aromatic heterocycles. The highest BCUT2D eigenvalue weighted by Gasteiger charge is 2.31. The smallest absolute Gasteiger partial charge is 0.244 e. The number of hydrogen-bond acceptors (Lipinski definition) is 2. The van der Waals surface area contributed by atoms with Crippen molar-refractivity contribution in [1.29, 1.82) is 0 Å². The van der Waals surface area contributed by atoms with Gasteiger partial charge in [0, 0.05) is 12.2 Å². The number of nitrogens with zero attached hydrogens (tertiary/aromatic N) is 1. The number of piperidine rings is 1. The van der Waals surface area contributed by atoms with Gasteiger partial charge in [-0.05, 0) is 43.4 Å². The number of anilines is 1. The van der Waals surface area contributed by atoms with E-state index in [2.05, 4.69) is 30.4 Å². The Bertz CT molecular complexity index is 466. The van der Waals surface area contributed by atoms with E-state index in [4.69, 9.17) is 0 Å². The molecule has 0 aliphatic carbocycles. The summed E-state index contributed by atoms with van der Waals surface area (Å²) in [6.45, 7) is 4.06. The van der Waals surface area contributed by atoms with E-state index in [-0.39, 0.29) is 11.9 Å². The molecule has 0 radical (unpaired) electrons. The van der Waals surface area contributed by atoms with Gasteiger partial charge in [0.25, 0.3) is 0 Å². The summed E-state index contributed by atoms with van der Waals surface area (Å²) in [5.41, 5.74) is 2.43. The van der Waals surface area contributed by atoms with Gasteiger partial charge in [-0.15, -0.1) is 0 Å². The third-order valence-corrected chi connectivity index (χ3v) is 4.22. The standard InChI is InChI=1S/C16H22N2O/c1-12-10-13-6-2-3-8-15(13)18(11-12)16(19)14-7-4-5-9-17-14/h2-3,6,8,12,14,17H,4-5,7,9-11H2,1H3. The molecule has 102 valence electrons. The van der Waals surface area contributed by atoms with E-state index in [0.29, 0.717) is 5.92 Å². The molecule has 1 aromatic carbocycles. The Morgan fingerprint density at radius 3 is 2.95 bits per heavy atom. The van der Waals surface area contributed by atoms with E-state index in [1.165, 1.54) is 12.0 Å². The van der Waals surface area contributed by atoms with Crippen LogP contribution in [0.1, 0.15) is 31.7 Å². The summed E-state index contributed by atoms with van der Waals surface area (Å²) < 4.78 is 0. The number of para-hydroxylation sites is 1. The van der Waals surface area contributed by atoms with Crippen LogP contribution in [0.15, 0.2) is 24.3 Å². The molecular weight excluding hydrogens is 236 g/mol. The predicted octanol–water partition coefficient (Wildman–Crippen LogP) is 2.35. The Morgan fingerprint density at radius 2 is 2.16 bits per heavy atom. The molecule has 19 heavy (non-hydrogen) atoms. The summed E-state index contributed by atoms with van der Waals surface area (Å²) in [5, 5.41) is 3.37. The van der Waals surface area contributed by atoms with Crippen LogP contribution in [0.4, 0.5) is 5.69 Å². The van der Waals surface area contributed by atoms with Gasteiger partial charge in [-0.2, -0.15) is 0 Å². The predicted molar refractivity (Wildman–Crippen MR) is 77.3 cm³/mol. The van der Waals surface area contributed by atoms with Crippen molar-refractivity contribution in [2.75, 3.05) is 18.0 Å². The quantitative estimate of drug-likeness (QED) is 0.838. The lowest BCUT2D eigenvalue weighted by atomic mass is 9.92. The van der Waals surface area contributed by atoms with Crippen molar-refractivity contribution in [3.05, 3.63) is 29.8 Å². The van der Waals surface area contributed by atoms with Gasteiger partial charge < -0.3 is 10.2 Å². The normalized spacial score (nSPS) is 26.9. The van der Waals surface area contributed by atoms with Crippen LogP contribution in [0.2, 0.25) is 0 Å². The second kappa shape index (κ2) is 5.33. The van der Waals surface area contributed by atoms with Crippen molar-refractivity contribution in [1.82, 2.24) is 5.32 Å². The van der Waals surface area contributed by atoms with Crippen LogP contribution in [0.5, 0.6) is 0 Å². The third-order valence-electron chi connectivity index (χ3n) is 4.22. The van der Waals surface area contributed by atoms with Gasteiger partial charge in [-0.3, -0.25) is 4.79 Å². The average molecular weight is 258 g/mol. The van der Waals surface area contributed by atoms with Crippen LogP contribution in [0.3, 0.4) is 0 Å². The van der Waals surface area contributed by atoms with Crippen molar-refractivity contribution < 1.29 is 4.79 Å². The van der Waals surface area contributed by atoms with E-state index >= 15 is 0 Å². The van der Waals surface area contributed by atoms with Gasteiger partial charge in [-0.25, -0.2) is 0 Å². The number of amides is 1. The molecule has 3 heteroatoms. The molecule has 2 heterocycles. The zero-order valence-corrected chi connectivity index (χ0v) is 11.6. The first-order valence-corrected chi connectivity index (χ1v) is 7.38. The number of benzene rings is 1. The number of fused-ring (bicyclic) bond motifs is 1. The topological polar surface area (TPSA) is 32.3 Å². The highest BCUT2D eigenvalue weighted by Crippen LogP contribution is 2.30. The lowest BCUT2D eigenvalue weighted by Gasteiger charge is -2.36. The van der Waals surface area contributed by atoms with Gasteiger partial charge >= 0.3 is 0 Å². The fraction of sp³-hybridized carbons (Fsp3) is 0.562. The number of rotatable bonds is 1. The molecule has 1 amide bonds. The summed E-state index contributed by atoms with van der Waals surface area (Å²) in [7, 11) is 0. The zero-order valence-electron chi connectivity index (χ0n) is 11.6. The van der Waals surface area contributed by atoms with Gasteiger partial charge in [0.15, 0.2) is 0 Å². The van der Waals surface area contributed by atoms with Crippen molar-refractivity contribution in [3.8, 4) is 0 Å². The summed E-state index contributed by atoms with van der Waals surface area (Å²) >= 11 is 0. The van der Waals surface area contributed by atoms with Crippen molar-refractivity contribution in [3.63, 3.8) is 0 Å². The maximum Gasteiger partial charge on any atom is 0.244 e. The minimum absolute atomic E-state index is 0.0205. The molecule has 2 aliphatic heterocycles. The number of carbonyl (C=O) groups is 1. The molecule has 2 atom stereocenters. The van der Waals surface area contributed by atoms with Gasteiger partial charge in [0.05, 0.1) is 6.04 Å². The van der Waals surface area contributed by atoms with Gasteiger partial charge in [-0.1, -0.05) is 31.5 Å². The zero-order chi connectivity index (χ0) is 13.2. The van der Waals surface area contributed by atoms with Crippen molar-refractivity contribution in [2.45, 2.75) is 38.6 Å². The molecule has 2 aliphatic rings. The Balaban J connectivity index is 1.85. The number of carbonyl (C=O) groups excluding carboxylic acids is 1. The minimum Gasteiger partial charge on any atom is -0.311 e. The van der Waals surface area contributed by atoms with Crippen LogP contribution < -0.4 is 10.2 Å². The van der Waals surface area contributed by atoms with Crippen molar-refractivity contribution in [2.24, 2.45) is 5.92 Å². The van der Waals surface area contributed by atoms with Crippen LogP contribution in [-0.2, 0) is 11.2 Å². The Morgan fingerprint density at radius 1 is 1.32 bits per heavy atom. The van der Waals surface area contributed by atoms with E-state index in [9.17, 15) is 4.79 Å². The lowest BCUT2D eigenvalue weighted by Crippen LogP contribution is -2.51. The Labute approximate surface area is 115 Å². The first-order valence-electron chi connectivity index (χ1n) is 7.38. The fourth-order valence-corrected chi connectivity index (χ4v) is 3.26. The Hall–Kier alpha value is -1.35. The molecular formula is C16H22N2O. The summed E-state index contributed by atoms with van der Waals surface area (Å²) in [6.07, 6.45) is 4.41. The van der Waals surface area contributed by atoms with Gasteiger partial charge in [0.1, 0.15) is 0 Å². The van der Waals surface area contributed by atoms with E-state index in [1.54, 1.807) is 0 Å². The van der Waals surface area contributed by atoms with Crippen LogP contribution in [0.25, 0.3) is 0 Å². The summed E-state index contributed by atoms with van der Waals surface area (Å²) in [4.78, 5) is 14.7. The first kappa shape index (κ1) is 12.7. The molecule has 0 bridgehead atoms. The maximum absolute atomic E-state index is 12.7. The molecule has 2 unspecified atom stereocenters. The maximum atomic E-state index is 12.7. The minimum atomic E-state index is 0.0205. The highest BCUT2D eigenvalue weighted by atomic mass is 16.2. The van der Waals surface area contributed by atoms with E-state index < -0.39 is 0 Å². The molecule has 1 N–H and O–H groups in total. The van der Waals surface area contributed by atoms with Crippen LogP contribution in [0, 0.1) is 5.92 Å². The molecule has 1 fully saturated rings. The Kier molecular flexibility index (Phi) is 3.56. The van der Waals surface area contributed by atoms with E-state index in [0.717, 1.165) is 38.0 Å². The molecule has 3 nitrogen and oxygen atoms in total. The monoisotopic (exact) mass is 258 g/mol. The highest BCUT2D eigenvalue weighted by molar-refractivity contribution is 5.98. The van der Waals surface area contributed by atoms with Crippen molar-refractivity contribution >= 4 is 11.6 Å². The average Bonchev–Trinajstić information content (AvgIpc) is 2.46. The molecule has 1 saturated heterocycles. The largest absolute Gasteiger partial charge is 0.311 e. The first-order chi connectivity index (χ1) is 9.25. The third kappa shape index (κ3) is 2.52. The van der Waals surface area contributed by atoms with Gasteiger partial charge in [0.2, 0.25) is 5.91 Å². The number of nitrogens with one attached hydrogen (secondary N) is 1. The second-order valence-electron chi connectivity index (χ2n) is 5.89. The molecule has 0 saturated carbocycles. The second-order valence-corrected chi connectivity index (χ2v) is 5.89. The lowest BCUT2D eigenvalue weighted by molar-refractivity contribution is -0.121. The summed E-state index contributed by atoms with van der Waals surface area (Å²) in [5.74, 6) is 0.807. The molecule has 1 aromatic rings. The molecule has 3 rings (SSSR count). The van der Waals surface area contributed by atoms with E-state index in [1.807, 2.05) is 11.0 Å². The number of hydrogen-bond donors (Lipinski definition) is 1. The summed E-state index contributed by atoms with van der Waals surface area (Å²) in [6, 6.07) is 8.36. The SMILES string of the molecule is CC1Cc2ccccc2N(C(=O)C2CCCCN2)C1. The van der Waals surface area contributed by atoms with Crippen LogP contribution >= 0.6 is 0 Å². The fourth-order valence-electron chi connectivity index (χ4n) is 3.26. The molecule has 0 spiro atoms.